The minimum atomic E-state index is -0.460. The van der Waals surface area contributed by atoms with Crippen LogP contribution in [-0.2, 0) is 9.47 Å². The normalized spacial score (nSPS) is 31.7. The maximum atomic E-state index is 12.7. The largest absolute Gasteiger partial charge is 0.444 e. The molecule has 22 heavy (non-hydrogen) atoms. The summed E-state index contributed by atoms with van der Waals surface area (Å²) in [6.45, 7) is 7.16. The molecule has 4 heteroatoms. The van der Waals surface area contributed by atoms with Gasteiger partial charge < -0.3 is 14.4 Å². The molecular weight excluding hydrogens is 278 g/mol. The Bertz CT molecular complexity index is 503. The number of ether oxygens (including phenoxy) is 2. The fourth-order valence-corrected chi connectivity index (χ4v) is 3.91. The van der Waals surface area contributed by atoms with Crippen LogP contribution in [0.2, 0.25) is 0 Å². The minimum Gasteiger partial charge on any atom is -0.444 e. The van der Waals surface area contributed by atoms with Gasteiger partial charge in [0.1, 0.15) is 11.2 Å². The van der Waals surface area contributed by atoms with Crippen LogP contribution in [0.15, 0.2) is 23.8 Å². The predicted octanol–water partition coefficient (Wildman–Crippen LogP) is 3.82. The third-order valence-electron chi connectivity index (χ3n) is 4.77. The number of carbonyl (C=O) groups excluding carboxylic acids is 1. The first-order valence-corrected chi connectivity index (χ1v) is 8.43. The highest BCUT2D eigenvalue weighted by molar-refractivity contribution is 5.69. The number of hydrogen-bond acceptors (Lipinski definition) is 3. The zero-order valence-corrected chi connectivity index (χ0v) is 13.9. The molecule has 2 aliphatic heterocycles. The molecule has 2 atom stereocenters. The quantitative estimate of drug-likeness (QED) is 0.739. The van der Waals surface area contributed by atoms with E-state index in [-0.39, 0.29) is 17.7 Å². The van der Waals surface area contributed by atoms with Crippen LogP contribution in [0.5, 0.6) is 0 Å². The third-order valence-corrected chi connectivity index (χ3v) is 4.77. The third kappa shape index (κ3) is 2.81. The van der Waals surface area contributed by atoms with Gasteiger partial charge in [0.2, 0.25) is 0 Å². The molecule has 0 radical (unpaired) electrons. The van der Waals surface area contributed by atoms with Gasteiger partial charge >= 0.3 is 6.09 Å². The van der Waals surface area contributed by atoms with Crippen LogP contribution in [0, 0.1) is 0 Å². The molecule has 0 spiro atoms. The second-order valence-electron chi connectivity index (χ2n) is 7.49. The van der Waals surface area contributed by atoms with Gasteiger partial charge in [-0.15, -0.1) is 0 Å². The number of allylic oxidation sites excluding steroid dienone is 1. The Kier molecular flexibility index (Phi) is 4.06. The Labute approximate surface area is 133 Å². The topological polar surface area (TPSA) is 38.8 Å². The van der Waals surface area contributed by atoms with Crippen LogP contribution >= 0.6 is 0 Å². The highest BCUT2D eigenvalue weighted by Crippen LogP contribution is 2.44. The van der Waals surface area contributed by atoms with Crippen LogP contribution in [0.1, 0.15) is 52.9 Å². The molecule has 1 aliphatic carbocycles. The van der Waals surface area contributed by atoms with E-state index >= 15 is 0 Å². The molecule has 0 bridgehead atoms. The van der Waals surface area contributed by atoms with Crippen molar-refractivity contribution in [2.45, 2.75) is 70.1 Å². The number of fused-ring (bicyclic) bond motifs is 1. The summed E-state index contributed by atoms with van der Waals surface area (Å²) in [6.07, 6.45) is 11.5. The van der Waals surface area contributed by atoms with Gasteiger partial charge in [0.15, 0.2) is 0 Å². The zero-order chi connectivity index (χ0) is 15.8. The van der Waals surface area contributed by atoms with Crippen LogP contribution in [0.3, 0.4) is 0 Å². The molecule has 3 rings (SSSR count). The number of likely N-dealkylation sites (tertiary alicyclic amines) is 1. The number of amides is 1. The van der Waals surface area contributed by atoms with Crippen molar-refractivity contribution in [1.29, 1.82) is 0 Å². The van der Waals surface area contributed by atoms with Crippen molar-refractivity contribution in [1.82, 2.24) is 4.90 Å². The first-order valence-electron chi connectivity index (χ1n) is 8.43. The van der Waals surface area contributed by atoms with E-state index < -0.39 is 5.60 Å². The minimum absolute atomic E-state index is 0.0924. The summed E-state index contributed by atoms with van der Waals surface area (Å²) in [5.41, 5.74) is 0.476. The van der Waals surface area contributed by atoms with Gasteiger partial charge in [0.05, 0.1) is 12.6 Å². The van der Waals surface area contributed by atoms with E-state index in [1.807, 2.05) is 25.7 Å². The van der Waals surface area contributed by atoms with E-state index in [1.165, 1.54) is 5.57 Å². The first-order chi connectivity index (χ1) is 10.4. The molecule has 4 nitrogen and oxygen atoms in total. The molecule has 0 aromatic rings. The van der Waals surface area contributed by atoms with Crippen molar-refractivity contribution >= 4 is 6.09 Å². The lowest BCUT2D eigenvalue weighted by molar-refractivity contribution is -0.0827. The summed E-state index contributed by atoms with van der Waals surface area (Å²) in [5.74, 6) is 0. The lowest BCUT2D eigenvalue weighted by Gasteiger charge is -2.48. The summed E-state index contributed by atoms with van der Waals surface area (Å²) in [7, 11) is 0. The number of hydrogen-bond donors (Lipinski definition) is 0. The highest BCUT2D eigenvalue weighted by Gasteiger charge is 2.50. The molecule has 0 unspecified atom stereocenters. The van der Waals surface area contributed by atoms with Gasteiger partial charge in [-0.05, 0) is 58.4 Å². The van der Waals surface area contributed by atoms with Gasteiger partial charge in [0.25, 0.3) is 0 Å². The Morgan fingerprint density at radius 2 is 2.23 bits per heavy atom. The van der Waals surface area contributed by atoms with Crippen molar-refractivity contribution < 1.29 is 14.3 Å². The number of rotatable bonds is 1. The molecule has 2 heterocycles. The van der Waals surface area contributed by atoms with Crippen molar-refractivity contribution in [3.63, 3.8) is 0 Å². The van der Waals surface area contributed by atoms with Crippen molar-refractivity contribution in [2.24, 2.45) is 0 Å². The molecule has 0 aromatic carbocycles. The van der Waals surface area contributed by atoms with Crippen LogP contribution in [0.4, 0.5) is 4.79 Å². The van der Waals surface area contributed by atoms with Gasteiger partial charge in [-0.25, -0.2) is 4.79 Å². The van der Waals surface area contributed by atoms with E-state index in [2.05, 4.69) is 18.2 Å². The molecule has 0 saturated carbocycles. The first kappa shape index (κ1) is 15.6. The fourth-order valence-electron chi connectivity index (χ4n) is 3.91. The van der Waals surface area contributed by atoms with E-state index in [0.29, 0.717) is 6.61 Å². The van der Waals surface area contributed by atoms with Gasteiger partial charge in [-0.1, -0.05) is 18.2 Å². The molecule has 1 fully saturated rings. The maximum absolute atomic E-state index is 12.7. The summed E-state index contributed by atoms with van der Waals surface area (Å²) in [6, 6.07) is 0.0924. The van der Waals surface area contributed by atoms with Gasteiger partial charge in [-0.3, -0.25) is 0 Å². The molecule has 0 N–H and O–H groups in total. The van der Waals surface area contributed by atoms with Crippen molar-refractivity contribution in [3.8, 4) is 0 Å². The molecular formula is C18H27NO3. The Morgan fingerprint density at radius 3 is 3.00 bits per heavy atom. The van der Waals surface area contributed by atoms with Crippen LogP contribution in [-0.4, -0.2) is 41.4 Å². The summed E-state index contributed by atoms with van der Waals surface area (Å²) in [5, 5.41) is 0. The van der Waals surface area contributed by atoms with Crippen molar-refractivity contribution in [3.05, 3.63) is 23.8 Å². The second-order valence-corrected chi connectivity index (χ2v) is 7.49. The standard InChI is InChI=1S/C18H27NO3/c1-17(2,3)22-16(20)19-12-5-4-10-15(19)18-11-6-8-14(18)9-7-13-21-18/h7-9,15H,4-6,10-13H2,1-3H3/t15-,18-/m1/s1. The lowest BCUT2D eigenvalue weighted by Crippen LogP contribution is -2.59. The second kappa shape index (κ2) is 5.73. The van der Waals surface area contributed by atoms with Gasteiger partial charge in [-0.2, -0.15) is 0 Å². The van der Waals surface area contributed by atoms with E-state index in [0.717, 1.165) is 38.6 Å². The molecule has 122 valence electrons. The van der Waals surface area contributed by atoms with E-state index in [4.69, 9.17) is 9.47 Å². The molecule has 1 amide bonds. The molecule has 1 saturated heterocycles. The number of piperidine rings is 1. The van der Waals surface area contributed by atoms with Crippen LogP contribution in [0.25, 0.3) is 0 Å². The average Bonchev–Trinajstić information content (AvgIpc) is 2.90. The molecule has 0 aromatic heterocycles. The lowest BCUT2D eigenvalue weighted by atomic mass is 9.80. The average molecular weight is 305 g/mol. The Morgan fingerprint density at radius 1 is 1.41 bits per heavy atom. The van der Waals surface area contributed by atoms with Gasteiger partial charge in [0, 0.05) is 6.54 Å². The Balaban J connectivity index is 1.85. The SMILES string of the molecule is CC(C)(C)OC(=O)N1CCCC[C@@H]1[C@@]12CCC=C1C=CCO2. The maximum Gasteiger partial charge on any atom is 0.410 e. The fraction of sp³-hybridized carbons (Fsp3) is 0.722. The summed E-state index contributed by atoms with van der Waals surface area (Å²) < 4.78 is 11.9. The highest BCUT2D eigenvalue weighted by atomic mass is 16.6. The monoisotopic (exact) mass is 305 g/mol. The number of nitrogens with zero attached hydrogens (tertiary/aromatic N) is 1. The predicted molar refractivity (Wildman–Crippen MR) is 85.7 cm³/mol. The zero-order valence-electron chi connectivity index (χ0n) is 13.9. The van der Waals surface area contributed by atoms with Crippen molar-refractivity contribution in [2.75, 3.05) is 13.2 Å². The van der Waals surface area contributed by atoms with Crippen LogP contribution < -0.4 is 0 Å². The molecule has 3 aliphatic rings. The summed E-state index contributed by atoms with van der Waals surface area (Å²) in [4.78, 5) is 14.6. The Hall–Kier alpha value is -1.29. The van der Waals surface area contributed by atoms with E-state index in [9.17, 15) is 4.79 Å². The van der Waals surface area contributed by atoms with E-state index in [1.54, 1.807) is 0 Å². The number of carbonyl (C=O) groups is 1. The summed E-state index contributed by atoms with van der Waals surface area (Å²) >= 11 is 0. The smallest absolute Gasteiger partial charge is 0.410 e.